The van der Waals surface area contributed by atoms with Crippen LogP contribution < -0.4 is 4.74 Å². The lowest BCUT2D eigenvalue weighted by Gasteiger charge is -2.33. The summed E-state index contributed by atoms with van der Waals surface area (Å²) in [6.07, 6.45) is 5.71. The Bertz CT molecular complexity index is 460. The summed E-state index contributed by atoms with van der Waals surface area (Å²) in [5.41, 5.74) is 2.92. The third-order valence-corrected chi connectivity index (χ3v) is 4.51. The number of rotatable bonds is 3. The van der Waals surface area contributed by atoms with Gasteiger partial charge in [-0.1, -0.05) is 18.2 Å². The van der Waals surface area contributed by atoms with Crippen LogP contribution in [0.2, 0.25) is 0 Å². The second kappa shape index (κ2) is 5.98. The monoisotopic (exact) mass is 279 g/mol. The highest BCUT2D eigenvalue weighted by molar-refractivity contribution is 5.85. The molecular weight excluding hydrogens is 258 g/mol. The highest BCUT2D eigenvalue weighted by atomic mass is 35.5. The summed E-state index contributed by atoms with van der Waals surface area (Å²) in [4.78, 5) is 2.58. The Kier molecular flexibility index (Phi) is 4.54. The van der Waals surface area contributed by atoms with E-state index in [4.69, 9.17) is 4.74 Å². The first-order valence-corrected chi connectivity index (χ1v) is 6.83. The van der Waals surface area contributed by atoms with E-state index in [1.165, 1.54) is 30.5 Å². The van der Waals surface area contributed by atoms with Crippen LogP contribution in [0.5, 0.6) is 5.75 Å². The first-order valence-electron chi connectivity index (χ1n) is 6.83. The van der Waals surface area contributed by atoms with E-state index in [9.17, 15) is 0 Å². The molecule has 2 atom stereocenters. The standard InChI is InChI=1S/C16H21NO.ClH/c1-3-8-17-9-7-13-10-12-5-4-6-16(18-2)14(12)11-15(13)17;/h3-6,13,15H,1,7-11H2,2H3;1H/t13-,15-;/m1./s1. The maximum Gasteiger partial charge on any atom is 0.122 e. The van der Waals surface area contributed by atoms with Crippen LogP contribution >= 0.6 is 12.4 Å². The van der Waals surface area contributed by atoms with E-state index < -0.39 is 0 Å². The third kappa shape index (κ3) is 2.52. The maximum atomic E-state index is 5.52. The van der Waals surface area contributed by atoms with E-state index in [2.05, 4.69) is 29.7 Å². The molecule has 3 heteroatoms. The van der Waals surface area contributed by atoms with Crippen LogP contribution in [0.1, 0.15) is 17.5 Å². The molecule has 0 radical (unpaired) electrons. The Labute approximate surface area is 121 Å². The lowest BCUT2D eigenvalue weighted by molar-refractivity contribution is 0.233. The van der Waals surface area contributed by atoms with Crippen LogP contribution in [0.25, 0.3) is 0 Å². The SMILES string of the molecule is C=CCN1CC[C@@H]2Cc3cccc(OC)c3C[C@H]21.Cl. The van der Waals surface area contributed by atoms with Crippen LogP contribution in [0, 0.1) is 5.92 Å². The Hall–Kier alpha value is -0.990. The number of hydrogen-bond acceptors (Lipinski definition) is 2. The zero-order valence-corrected chi connectivity index (χ0v) is 12.3. The molecule has 0 bridgehead atoms. The summed E-state index contributed by atoms with van der Waals surface area (Å²) in [7, 11) is 1.78. The van der Waals surface area contributed by atoms with Gasteiger partial charge in [0.15, 0.2) is 0 Å². The van der Waals surface area contributed by atoms with Gasteiger partial charge in [-0.15, -0.1) is 19.0 Å². The van der Waals surface area contributed by atoms with Crippen molar-refractivity contribution in [3.8, 4) is 5.75 Å². The highest BCUT2D eigenvalue weighted by Gasteiger charge is 2.37. The Balaban J connectivity index is 0.00000133. The molecule has 3 rings (SSSR count). The van der Waals surface area contributed by atoms with Crippen molar-refractivity contribution in [1.29, 1.82) is 0 Å². The van der Waals surface area contributed by atoms with E-state index in [0.717, 1.165) is 24.6 Å². The van der Waals surface area contributed by atoms with Gasteiger partial charge in [-0.25, -0.2) is 0 Å². The van der Waals surface area contributed by atoms with Gasteiger partial charge in [-0.3, -0.25) is 4.90 Å². The second-order valence-corrected chi connectivity index (χ2v) is 5.41. The van der Waals surface area contributed by atoms with Gasteiger partial charge < -0.3 is 4.74 Å². The van der Waals surface area contributed by atoms with E-state index in [0.29, 0.717) is 6.04 Å². The maximum absolute atomic E-state index is 5.52. The van der Waals surface area contributed by atoms with E-state index in [-0.39, 0.29) is 12.4 Å². The normalized spacial score (nSPS) is 25.1. The fraction of sp³-hybridized carbons (Fsp3) is 0.500. The number of methoxy groups -OCH3 is 1. The minimum atomic E-state index is 0. The lowest BCUT2D eigenvalue weighted by atomic mass is 9.80. The molecular formula is C16H22ClNO. The topological polar surface area (TPSA) is 12.5 Å². The molecule has 1 heterocycles. The Morgan fingerprint density at radius 1 is 1.42 bits per heavy atom. The molecule has 1 aromatic carbocycles. The first kappa shape index (κ1) is 14.4. The number of benzene rings is 1. The summed E-state index contributed by atoms with van der Waals surface area (Å²) in [5, 5.41) is 0. The molecule has 104 valence electrons. The number of fused-ring (bicyclic) bond motifs is 2. The van der Waals surface area contributed by atoms with Crippen LogP contribution in [0.4, 0.5) is 0 Å². The second-order valence-electron chi connectivity index (χ2n) is 5.41. The van der Waals surface area contributed by atoms with Gasteiger partial charge in [0.2, 0.25) is 0 Å². The van der Waals surface area contributed by atoms with Crippen molar-refractivity contribution in [2.75, 3.05) is 20.2 Å². The van der Waals surface area contributed by atoms with Gasteiger partial charge >= 0.3 is 0 Å². The number of hydrogen-bond donors (Lipinski definition) is 0. The van der Waals surface area contributed by atoms with Crippen molar-refractivity contribution >= 4 is 12.4 Å². The zero-order valence-electron chi connectivity index (χ0n) is 11.5. The van der Waals surface area contributed by atoms with Gasteiger partial charge in [0.25, 0.3) is 0 Å². The van der Waals surface area contributed by atoms with Crippen LogP contribution in [-0.2, 0) is 12.8 Å². The first-order chi connectivity index (χ1) is 8.83. The molecule has 1 aliphatic carbocycles. The van der Waals surface area contributed by atoms with E-state index in [1.807, 2.05) is 6.08 Å². The molecule has 1 aromatic rings. The van der Waals surface area contributed by atoms with E-state index in [1.54, 1.807) is 7.11 Å². The fourth-order valence-corrected chi connectivity index (χ4v) is 3.63. The molecule has 1 saturated heterocycles. The van der Waals surface area contributed by atoms with Crippen LogP contribution in [0.15, 0.2) is 30.9 Å². The van der Waals surface area contributed by atoms with Crippen molar-refractivity contribution in [1.82, 2.24) is 4.90 Å². The van der Waals surface area contributed by atoms with Crippen molar-refractivity contribution < 1.29 is 4.74 Å². The number of halogens is 1. The van der Waals surface area contributed by atoms with E-state index >= 15 is 0 Å². The van der Waals surface area contributed by atoms with Crippen molar-refractivity contribution in [3.63, 3.8) is 0 Å². The number of likely N-dealkylation sites (tertiary alicyclic amines) is 1. The third-order valence-electron chi connectivity index (χ3n) is 4.51. The van der Waals surface area contributed by atoms with Gasteiger partial charge in [-0.2, -0.15) is 0 Å². The molecule has 2 aliphatic rings. The van der Waals surface area contributed by atoms with Gasteiger partial charge in [0, 0.05) is 12.6 Å². The predicted octanol–water partition coefficient (Wildman–Crippen LogP) is 3.09. The minimum Gasteiger partial charge on any atom is -0.496 e. The van der Waals surface area contributed by atoms with Crippen LogP contribution in [-0.4, -0.2) is 31.1 Å². The molecule has 0 N–H and O–H groups in total. The summed E-state index contributed by atoms with van der Waals surface area (Å²) in [5.74, 6) is 1.89. The molecule has 2 nitrogen and oxygen atoms in total. The summed E-state index contributed by atoms with van der Waals surface area (Å²) in [6.45, 7) is 6.11. The van der Waals surface area contributed by atoms with Gasteiger partial charge in [0.1, 0.15) is 5.75 Å². The van der Waals surface area contributed by atoms with Crippen molar-refractivity contribution in [3.05, 3.63) is 42.0 Å². The Morgan fingerprint density at radius 2 is 2.26 bits per heavy atom. The molecule has 1 fully saturated rings. The van der Waals surface area contributed by atoms with Crippen molar-refractivity contribution in [2.24, 2.45) is 5.92 Å². The number of nitrogens with zero attached hydrogens (tertiary/aromatic N) is 1. The largest absolute Gasteiger partial charge is 0.496 e. The smallest absolute Gasteiger partial charge is 0.122 e. The van der Waals surface area contributed by atoms with Crippen LogP contribution in [0.3, 0.4) is 0 Å². The quantitative estimate of drug-likeness (QED) is 0.789. The minimum absolute atomic E-state index is 0. The average molecular weight is 280 g/mol. The molecule has 19 heavy (non-hydrogen) atoms. The van der Waals surface area contributed by atoms with Gasteiger partial charge in [0.05, 0.1) is 7.11 Å². The predicted molar refractivity (Wildman–Crippen MR) is 81.3 cm³/mol. The lowest BCUT2D eigenvalue weighted by Crippen LogP contribution is -2.38. The number of ether oxygens (including phenoxy) is 1. The van der Waals surface area contributed by atoms with Gasteiger partial charge in [-0.05, 0) is 48.9 Å². The molecule has 0 unspecified atom stereocenters. The molecule has 1 aliphatic heterocycles. The fourth-order valence-electron chi connectivity index (χ4n) is 3.63. The molecule has 0 amide bonds. The Morgan fingerprint density at radius 3 is 3.00 bits per heavy atom. The average Bonchev–Trinajstić information content (AvgIpc) is 2.78. The summed E-state index contributed by atoms with van der Waals surface area (Å²) < 4.78 is 5.52. The molecule has 0 spiro atoms. The highest BCUT2D eigenvalue weighted by Crippen LogP contribution is 2.38. The summed E-state index contributed by atoms with van der Waals surface area (Å²) in [6, 6.07) is 7.16. The molecule has 0 saturated carbocycles. The summed E-state index contributed by atoms with van der Waals surface area (Å²) >= 11 is 0. The van der Waals surface area contributed by atoms with Crippen molar-refractivity contribution in [2.45, 2.75) is 25.3 Å². The zero-order chi connectivity index (χ0) is 12.5. The molecule has 0 aromatic heterocycles.